The molecule has 1 atom stereocenters. The molecule has 1 aliphatic rings. The largest absolute Gasteiger partial charge is 0.497 e. The van der Waals surface area contributed by atoms with Crippen molar-refractivity contribution >= 4 is 31.3 Å². The Hall–Kier alpha value is -3.36. The third-order valence-electron chi connectivity index (χ3n) is 5.15. The van der Waals surface area contributed by atoms with Gasteiger partial charge >= 0.3 is 0 Å². The smallest absolute Gasteiger partial charge is 0.254 e. The van der Waals surface area contributed by atoms with E-state index < -0.39 is 17.8 Å². The first-order valence-electron chi connectivity index (χ1n) is 9.68. The average Bonchev–Trinajstić information content (AvgIpc) is 3.09. The number of benzene rings is 2. The number of carbonyl (C=O) groups excluding carboxylic acids is 3. The molecular formula is C21H23BFN3O4. The van der Waals surface area contributed by atoms with Crippen molar-refractivity contribution in [1.82, 2.24) is 10.2 Å². The molecule has 0 saturated heterocycles. The summed E-state index contributed by atoms with van der Waals surface area (Å²) in [5.41, 5.74) is 2.32. The van der Waals surface area contributed by atoms with E-state index in [2.05, 4.69) is 10.6 Å². The molecule has 2 N–H and O–H groups in total. The van der Waals surface area contributed by atoms with Gasteiger partial charge in [0.25, 0.3) is 5.91 Å². The fraction of sp³-hybridized carbons (Fsp3) is 0.286. The lowest BCUT2D eigenvalue weighted by Crippen LogP contribution is -2.49. The fourth-order valence-electron chi connectivity index (χ4n) is 3.31. The predicted molar refractivity (Wildman–Crippen MR) is 112 cm³/mol. The number of fused-ring (bicyclic) bond motifs is 1. The fourth-order valence-corrected chi connectivity index (χ4v) is 3.31. The van der Waals surface area contributed by atoms with Crippen LogP contribution in [0, 0.1) is 5.82 Å². The normalized spacial score (nSPS) is 13.6. The summed E-state index contributed by atoms with van der Waals surface area (Å²) in [4.78, 5) is 38.0. The van der Waals surface area contributed by atoms with Gasteiger partial charge in [-0.25, -0.2) is 4.39 Å². The van der Waals surface area contributed by atoms with E-state index in [4.69, 9.17) is 4.74 Å². The quantitative estimate of drug-likeness (QED) is 0.673. The van der Waals surface area contributed by atoms with E-state index in [1.807, 2.05) is 0 Å². The monoisotopic (exact) mass is 411 g/mol. The minimum Gasteiger partial charge on any atom is -0.497 e. The average molecular weight is 411 g/mol. The number of amides is 3. The van der Waals surface area contributed by atoms with E-state index in [9.17, 15) is 18.8 Å². The highest BCUT2D eigenvalue weighted by Crippen LogP contribution is 2.31. The van der Waals surface area contributed by atoms with Crippen molar-refractivity contribution in [2.45, 2.75) is 32.4 Å². The van der Waals surface area contributed by atoms with Gasteiger partial charge < -0.3 is 15.0 Å². The minimum atomic E-state index is -0.802. The van der Waals surface area contributed by atoms with Crippen molar-refractivity contribution in [3.8, 4) is 5.75 Å². The van der Waals surface area contributed by atoms with Gasteiger partial charge in [0.2, 0.25) is 11.8 Å². The molecule has 1 aliphatic heterocycles. The van der Waals surface area contributed by atoms with Crippen molar-refractivity contribution in [3.63, 3.8) is 0 Å². The Morgan fingerprint density at radius 3 is 2.77 bits per heavy atom. The molecule has 1 unspecified atom stereocenters. The van der Waals surface area contributed by atoms with Gasteiger partial charge in [0.1, 0.15) is 19.4 Å². The van der Waals surface area contributed by atoms with Crippen LogP contribution in [0.5, 0.6) is 5.75 Å². The molecule has 0 aliphatic carbocycles. The molecular weight excluding hydrogens is 388 g/mol. The predicted octanol–water partition coefficient (Wildman–Crippen LogP) is 1.41. The second-order valence-electron chi connectivity index (χ2n) is 7.02. The molecule has 9 heteroatoms. The highest BCUT2D eigenvalue weighted by Gasteiger charge is 2.35. The summed E-state index contributed by atoms with van der Waals surface area (Å²) in [5.74, 6) is -1.81. The Balaban J connectivity index is 1.77. The van der Waals surface area contributed by atoms with Gasteiger partial charge in [-0.2, -0.15) is 0 Å². The van der Waals surface area contributed by atoms with Crippen LogP contribution < -0.4 is 15.4 Å². The Morgan fingerprint density at radius 2 is 2.07 bits per heavy atom. The lowest BCUT2D eigenvalue weighted by atomic mass is 9.93. The van der Waals surface area contributed by atoms with E-state index in [-0.39, 0.29) is 31.2 Å². The molecule has 2 aromatic rings. The third kappa shape index (κ3) is 4.29. The second kappa shape index (κ2) is 8.98. The Labute approximate surface area is 175 Å². The number of hydrogen-bond donors (Lipinski definition) is 2. The van der Waals surface area contributed by atoms with E-state index in [1.165, 1.54) is 18.1 Å². The van der Waals surface area contributed by atoms with Crippen LogP contribution in [0.2, 0.25) is 0 Å². The lowest BCUT2D eigenvalue weighted by Gasteiger charge is -2.23. The van der Waals surface area contributed by atoms with Crippen LogP contribution in [0.4, 0.5) is 10.1 Å². The van der Waals surface area contributed by atoms with Gasteiger partial charge in [0, 0.05) is 41.9 Å². The van der Waals surface area contributed by atoms with Crippen molar-refractivity contribution in [2.75, 3.05) is 12.4 Å². The minimum absolute atomic E-state index is 0.182. The zero-order valence-electron chi connectivity index (χ0n) is 17.1. The summed E-state index contributed by atoms with van der Waals surface area (Å²) >= 11 is 0. The Morgan fingerprint density at radius 1 is 1.30 bits per heavy atom. The number of methoxy groups -OCH3 is 1. The van der Waals surface area contributed by atoms with Crippen LogP contribution in [-0.4, -0.2) is 43.5 Å². The van der Waals surface area contributed by atoms with Crippen LogP contribution in [0.25, 0.3) is 0 Å². The maximum absolute atomic E-state index is 14.1. The number of halogens is 1. The molecule has 2 aromatic carbocycles. The SMILES string of the molecule is BC(C(=O)NC(=O)CC)N1Cc2c(NCc3cc(OC)ccc3F)cccc2C1=O. The number of hydrogen-bond acceptors (Lipinski definition) is 5. The Bertz CT molecular complexity index is 998. The number of ether oxygens (including phenoxy) is 1. The van der Waals surface area contributed by atoms with Crippen LogP contribution in [-0.2, 0) is 22.7 Å². The summed E-state index contributed by atoms with van der Waals surface area (Å²) in [6, 6.07) is 9.73. The van der Waals surface area contributed by atoms with E-state index in [0.717, 1.165) is 5.56 Å². The van der Waals surface area contributed by atoms with Crippen LogP contribution in [0.15, 0.2) is 36.4 Å². The third-order valence-corrected chi connectivity index (χ3v) is 5.15. The summed E-state index contributed by atoms with van der Waals surface area (Å²) in [6.07, 6.45) is 0.182. The summed E-state index contributed by atoms with van der Waals surface area (Å²) in [7, 11) is 3.10. The molecule has 156 valence electrons. The molecule has 7 nitrogen and oxygen atoms in total. The molecule has 1 heterocycles. The van der Waals surface area contributed by atoms with Crippen LogP contribution in [0.1, 0.15) is 34.8 Å². The molecule has 0 aromatic heterocycles. The molecule has 3 amide bonds. The second-order valence-corrected chi connectivity index (χ2v) is 7.02. The number of rotatable bonds is 7. The zero-order valence-corrected chi connectivity index (χ0v) is 17.1. The number of imide groups is 1. The highest BCUT2D eigenvalue weighted by atomic mass is 19.1. The summed E-state index contributed by atoms with van der Waals surface area (Å²) < 4.78 is 19.2. The van der Waals surface area contributed by atoms with Gasteiger partial charge in [-0.3, -0.25) is 19.7 Å². The van der Waals surface area contributed by atoms with Gasteiger partial charge in [0.05, 0.1) is 13.1 Å². The number of anilines is 1. The number of carbonyl (C=O) groups is 3. The summed E-state index contributed by atoms with van der Waals surface area (Å²) in [6.45, 7) is 2.06. The van der Waals surface area contributed by atoms with Crippen molar-refractivity contribution in [2.24, 2.45) is 0 Å². The highest BCUT2D eigenvalue weighted by molar-refractivity contribution is 6.27. The number of nitrogens with one attached hydrogen (secondary N) is 2. The van der Waals surface area contributed by atoms with Gasteiger partial charge in [-0.1, -0.05) is 13.0 Å². The standard InChI is InChI=1S/C21H23BFN3O4/c1-3-18(27)25-20(28)19(22)26-11-15-14(21(26)29)5-4-6-17(15)24-10-12-9-13(30-2)7-8-16(12)23/h4-9,19,24H,3,10-11,22H2,1-2H3,(H,25,27,28). The lowest BCUT2D eigenvalue weighted by molar-refractivity contribution is -0.131. The van der Waals surface area contributed by atoms with Gasteiger partial charge in [0.15, 0.2) is 0 Å². The van der Waals surface area contributed by atoms with Gasteiger partial charge in [-0.15, -0.1) is 0 Å². The topological polar surface area (TPSA) is 87.7 Å². The van der Waals surface area contributed by atoms with E-state index in [0.29, 0.717) is 22.6 Å². The van der Waals surface area contributed by atoms with E-state index >= 15 is 0 Å². The number of nitrogens with zero attached hydrogens (tertiary/aromatic N) is 1. The molecule has 30 heavy (non-hydrogen) atoms. The first-order valence-corrected chi connectivity index (χ1v) is 9.68. The zero-order chi connectivity index (χ0) is 21.8. The van der Waals surface area contributed by atoms with Crippen LogP contribution >= 0.6 is 0 Å². The first kappa shape index (κ1) is 21.4. The molecule has 0 saturated carbocycles. The maximum Gasteiger partial charge on any atom is 0.254 e. The summed E-state index contributed by atoms with van der Waals surface area (Å²) in [5, 5.41) is 5.47. The van der Waals surface area contributed by atoms with Gasteiger partial charge in [-0.05, 0) is 30.3 Å². The van der Waals surface area contributed by atoms with Crippen LogP contribution in [0.3, 0.4) is 0 Å². The van der Waals surface area contributed by atoms with Crippen molar-refractivity contribution in [3.05, 3.63) is 58.9 Å². The molecule has 3 rings (SSSR count). The Kier molecular flexibility index (Phi) is 6.39. The first-order chi connectivity index (χ1) is 14.3. The molecule has 0 radical (unpaired) electrons. The maximum atomic E-state index is 14.1. The molecule has 0 bridgehead atoms. The van der Waals surface area contributed by atoms with Crippen molar-refractivity contribution in [1.29, 1.82) is 0 Å². The molecule has 0 spiro atoms. The van der Waals surface area contributed by atoms with Crippen molar-refractivity contribution < 1.29 is 23.5 Å². The van der Waals surface area contributed by atoms with E-state index in [1.54, 1.807) is 45.1 Å². The molecule has 0 fully saturated rings.